The third-order valence-electron chi connectivity index (χ3n) is 2.70. The number of alkyl halides is 3. The molecule has 134 valence electrons. The van der Waals surface area contributed by atoms with Crippen LogP contribution in [0.4, 0.5) is 13.2 Å². The van der Waals surface area contributed by atoms with E-state index < -0.39 is 41.6 Å². The molecule has 1 amide bonds. The van der Waals surface area contributed by atoms with Gasteiger partial charge in [-0.25, -0.2) is 9.59 Å². The SMILES string of the molecule is CC(C)(C)OC(=O)[C@@](CCCCN)(NC(=O)C(F)(F)F)C(=O)O. The predicted molar refractivity (Wildman–Crippen MR) is 73.3 cm³/mol. The van der Waals surface area contributed by atoms with E-state index in [0.717, 1.165) is 0 Å². The minimum Gasteiger partial charge on any atom is -0.479 e. The number of ether oxygens (including phenoxy) is 1. The van der Waals surface area contributed by atoms with Crippen molar-refractivity contribution in [1.29, 1.82) is 0 Å². The Hall–Kier alpha value is -1.84. The molecule has 0 aromatic rings. The Morgan fingerprint density at radius 1 is 1.13 bits per heavy atom. The molecule has 0 aromatic carbocycles. The van der Waals surface area contributed by atoms with Gasteiger partial charge in [0.1, 0.15) is 5.60 Å². The van der Waals surface area contributed by atoms with Crippen molar-refractivity contribution in [2.24, 2.45) is 5.73 Å². The van der Waals surface area contributed by atoms with Gasteiger partial charge in [-0.2, -0.15) is 13.2 Å². The van der Waals surface area contributed by atoms with Gasteiger partial charge in [-0.15, -0.1) is 0 Å². The second-order valence-electron chi connectivity index (χ2n) is 5.91. The zero-order valence-corrected chi connectivity index (χ0v) is 13.1. The molecule has 7 nitrogen and oxygen atoms in total. The first-order chi connectivity index (χ1) is 10.3. The lowest BCUT2D eigenvalue weighted by Gasteiger charge is -2.32. The Labute approximate surface area is 131 Å². The van der Waals surface area contributed by atoms with Crippen molar-refractivity contribution in [2.75, 3.05) is 6.54 Å². The Morgan fingerprint density at radius 3 is 2.00 bits per heavy atom. The average Bonchev–Trinajstić information content (AvgIpc) is 2.33. The van der Waals surface area contributed by atoms with Crippen LogP contribution in [0.15, 0.2) is 0 Å². The molecule has 0 saturated carbocycles. The lowest BCUT2D eigenvalue weighted by molar-refractivity contribution is -0.185. The van der Waals surface area contributed by atoms with Gasteiger partial charge >= 0.3 is 24.0 Å². The highest BCUT2D eigenvalue weighted by Crippen LogP contribution is 2.24. The van der Waals surface area contributed by atoms with Crippen molar-refractivity contribution in [1.82, 2.24) is 5.32 Å². The molecule has 1 atom stereocenters. The molecule has 10 heteroatoms. The summed E-state index contributed by atoms with van der Waals surface area (Å²) in [6.07, 6.45) is -5.63. The molecule has 0 rings (SSSR count). The van der Waals surface area contributed by atoms with Gasteiger partial charge in [0, 0.05) is 0 Å². The molecule has 0 heterocycles. The van der Waals surface area contributed by atoms with E-state index >= 15 is 0 Å². The summed E-state index contributed by atoms with van der Waals surface area (Å²) in [5.41, 5.74) is 1.28. The summed E-state index contributed by atoms with van der Waals surface area (Å²) in [4.78, 5) is 34.8. The Bertz CT molecular complexity index is 460. The number of halogens is 3. The summed E-state index contributed by atoms with van der Waals surface area (Å²) in [6, 6.07) is 0. The standard InChI is InChI=1S/C13H21F3N2O5/c1-11(2,3)23-10(22)12(9(20)21,6-4-5-7-17)18-8(19)13(14,15)16/h4-7,17H2,1-3H3,(H,18,19)(H,20,21)/t12-/m0/s1. The van der Waals surface area contributed by atoms with Crippen molar-refractivity contribution in [2.45, 2.75) is 57.3 Å². The van der Waals surface area contributed by atoms with Crippen LogP contribution >= 0.6 is 0 Å². The van der Waals surface area contributed by atoms with E-state index in [1.165, 1.54) is 26.1 Å². The monoisotopic (exact) mass is 342 g/mol. The third kappa shape index (κ3) is 6.43. The topological polar surface area (TPSA) is 119 Å². The highest BCUT2D eigenvalue weighted by Gasteiger charge is 2.54. The lowest BCUT2D eigenvalue weighted by Crippen LogP contribution is -2.63. The number of amides is 1. The molecule has 0 aliphatic carbocycles. The van der Waals surface area contributed by atoms with Crippen LogP contribution in [0.1, 0.15) is 40.0 Å². The highest BCUT2D eigenvalue weighted by molar-refractivity contribution is 6.07. The van der Waals surface area contributed by atoms with Gasteiger partial charge in [0.15, 0.2) is 0 Å². The maximum absolute atomic E-state index is 12.5. The number of rotatable bonds is 7. The van der Waals surface area contributed by atoms with E-state index in [9.17, 15) is 32.7 Å². The summed E-state index contributed by atoms with van der Waals surface area (Å²) in [6.45, 7) is 4.41. The molecule has 0 radical (unpaired) electrons. The third-order valence-corrected chi connectivity index (χ3v) is 2.70. The number of aliphatic carboxylic acids is 1. The zero-order chi connectivity index (χ0) is 18.5. The number of unbranched alkanes of at least 4 members (excludes halogenated alkanes) is 1. The van der Waals surface area contributed by atoms with E-state index in [2.05, 4.69) is 0 Å². The van der Waals surface area contributed by atoms with E-state index in [1.54, 1.807) is 0 Å². The minimum atomic E-state index is -5.34. The van der Waals surface area contributed by atoms with Gasteiger partial charge in [-0.1, -0.05) is 0 Å². The summed E-state index contributed by atoms with van der Waals surface area (Å²) < 4.78 is 42.2. The summed E-state index contributed by atoms with van der Waals surface area (Å²) >= 11 is 0. The number of carbonyl (C=O) groups excluding carboxylic acids is 2. The zero-order valence-electron chi connectivity index (χ0n) is 13.1. The van der Waals surface area contributed by atoms with E-state index in [0.29, 0.717) is 0 Å². The summed E-state index contributed by atoms with van der Waals surface area (Å²) in [5.74, 6) is -5.92. The van der Waals surface area contributed by atoms with Crippen molar-refractivity contribution >= 4 is 17.8 Å². The van der Waals surface area contributed by atoms with Crippen LogP contribution in [-0.2, 0) is 19.1 Å². The number of hydrogen-bond acceptors (Lipinski definition) is 5. The number of nitrogens with two attached hydrogens (primary N) is 1. The van der Waals surface area contributed by atoms with Crippen molar-refractivity contribution in [3.63, 3.8) is 0 Å². The number of carbonyl (C=O) groups is 3. The largest absolute Gasteiger partial charge is 0.479 e. The maximum Gasteiger partial charge on any atom is 0.471 e. The molecule has 0 saturated heterocycles. The molecule has 0 aliphatic rings. The molecule has 0 spiro atoms. The van der Waals surface area contributed by atoms with Crippen molar-refractivity contribution in [3.05, 3.63) is 0 Å². The minimum absolute atomic E-state index is 0.0141. The molecule has 0 aromatic heterocycles. The van der Waals surface area contributed by atoms with Gasteiger partial charge in [0.25, 0.3) is 0 Å². The molecular formula is C13H21F3N2O5. The summed E-state index contributed by atoms with van der Waals surface area (Å²) in [5, 5.41) is 10.6. The van der Waals surface area contributed by atoms with Crippen LogP contribution in [0.3, 0.4) is 0 Å². The first-order valence-electron chi connectivity index (χ1n) is 6.82. The quantitative estimate of drug-likeness (QED) is 0.360. The van der Waals surface area contributed by atoms with Crippen LogP contribution in [0.25, 0.3) is 0 Å². The highest BCUT2D eigenvalue weighted by atomic mass is 19.4. The van der Waals surface area contributed by atoms with Gasteiger partial charge in [-0.3, -0.25) is 4.79 Å². The first kappa shape index (κ1) is 21.2. The fourth-order valence-corrected chi connectivity index (χ4v) is 1.63. The average molecular weight is 342 g/mol. The Morgan fingerprint density at radius 2 is 1.65 bits per heavy atom. The number of carboxylic acid groups (broad SMARTS) is 1. The predicted octanol–water partition coefficient (Wildman–Crippen LogP) is 0.959. The van der Waals surface area contributed by atoms with Gasteiger partial charge < -0.3 is 20.9 Å². The fourth-order valence-electron chi connectivity index (χ4n) is 1.63. The molecule has 0 fully saturated rings. The normalized spacial score (nSPS) is 14.7. The molecule has 0 unspecified atom stereocenters. The van der Waals surface area contributed by atoms with Crippen LogP contribution < -0.4 is 11.1 Å². The van der Waals surface area contributed by atoms with E-state index in [1.807, 2.05) is 0 Å². The van der Waals surface area contributed by atoms with Crippen LogP contribution in [0, 0.1) is 0 Å². The van der Waals surface area contributed by atoms with Crippen LogP contribution in [-0.4, -0.2) is 46.8 Å². The number of esters is 1. The van der Waals surface area contributed by atoms with Crippen LogP contribution in [0.5, 0.6) is 0 Å². The second-order valence-corrected chi connectivity index (χ2v) is 5.91. The van der Waals surface area contributed by atoms with Gasteiger partial charge in [0.05, 0.1) is 0 Å². The Balaban J connectivity index is 5.64. The van der Waals surface area contributed by atoms with Crippen molar-refractivity contribution < 1.29 is 37.4 Å². The number of carboxylic acids is 1. The molecule has 0 bridgehead atoms. The smallest absolute Gasteiger partial charge is 0.471 e. The maximum atomic E-state index is 12.5. The lowest BCUT2D eigenvalue weighted by atomic mass is 9.91. The number of nitrogens with one attached hydrogen (secondary N) is 1. The summed E-state index contributed by atoms with van der Waals surface area (Å²) in [7, 11) is 0. The second kappa shape index (κ2) is 7.62. The van der Waals surface area contributed by atoms with Gasteiger partial charge in [-0.05, 0) is 46.6 Å². The molecular weight excluding hydrogens is 321 g/mol. The first-order valence-corrected chi connectivity index (χ1v) is 6.82. The Kier molecular flexibility index (Phi) is 7.01. The molecule has 23 heavy (non-hydrogen) atoms. The molecule has 0 aliphatic heterocycles. The van der Waals surface area contributed by atoms with Crippen LogP contribution in [0.2, 0.25) is 0 Å². The number of hydrogen-bond donors (Lipinski definition) is 3. The fraction of sp³-hybridized carbons (Fsp3) is 0.769. The van der Waals surface area contributed by atoms with Gasteiger partial charge in [0.2, 0.25) is 5.54 Å². The van der Waals surface area contributed by atoms with E-state index in [-0.39, 0.29) is 19.4 Å². The molecule has 4 N–H and O–H groups in total. The van der Waals surface area contributed by atoms with E-state index in [4.69, 9.17) is 10.5 Å². The van der Waals surface area contributed by atoms with Crippen molar-refractivity contribution in [3.8, 4) is 0 Å².